The number of halogens is 3. The fourth-order valence-electron chi connectivity index (χ4n) is 3.97. The predicted octanol–water partition coefficient (Wildman–Crippen LogP) is 3.38. The molecule has 0 aromatic carbocycles. The molecule has 25 heavy (non-hydrogen) atoms. The fourth-order valence-corrected chi connectivity index (χ4v) is 3.97. The number of fused-ring (bicyclic) bond motifs is 1. The number of aromatic nitrogens is 4. The predicted molar refractivity (Wildman–Crippen MR) is 85.9 cm³/mol. The van der Waals surface area contributed by atoms with E-state index in [1.807, 2.05) is 0 Å². The van der Waals surface area contributed by atoms with Gasteiger partial charge in [-0.05, 0) is 45.1 Å². The third kappa shape index (κ3) is 3.58. The standard InChI is InChI=1S/C17H22F3N5/c18-17(19,20)11-25-9-7-21-15(25)10-24-8-3-6-14(24)16-22-12-4-1-2-5-13(12)23-16/h7,9,14H,1-6,8,10-11H2,(H,22,23)/t14-/m1/s1. The molecule has 0 saturated carbocycles. The summed E-state index contributed by atoms with van der Waals surface area (Å²) in [4.78, 5) is 14.6. The zero-order valence-corrected chi connectivity index (χ0v) is 14.0. The van der Waals surface area contributed by atoms with Crippen molar-refractivity contribution in [2.45, 2.75) is 63.8 Å². The number of H-pyrrole nitrogens is 1. The van der Waals surface area contributed by atoms with Crippen LogP contribution in [-0.4, -0.2) is 37.1 Å². The van der Waals surface area contributed by atoms with Gasteiger partial charge in [-0.1, -0.05) is 0 Å². The van der Waals surface area contributed by atoms with E-state index in [9.17, 15) is 13.2 Å². The second kappa shape index (κ2) is 6.48. The van der Waals surface area contributed by atoms with Gasteiger partial charge in [0.2, 0.25) is 0 Å². The number of nitrogens with zero attached hydrogens (tertiary/aromatic N) is 4. The Labute approximate surface area is 144 Å². The van der Waals surface area contributed by atoms with E-state index in [-0.39, 0.29) is 6.04 Å². The largest absolute Gasteiger partial charge is 0.406 e. The topological polar surface area (TPSA) is 49.7 Å². The first-order valence-corrected chi connectivity index (χ1v) is 8.88. The average molecular weight is 353 g/mol. The molecule has 0 spiro atoms. The summed E-state index contributed by atoms with van der Waals surface area (Å²) < 4.78 is 39.3. The van der Waals surface area contributed by atoms with Crippen LogP contribution >= 0.6 is 0 Å². The Morgan fingerprint density at radius 3 is 2.84 bits per heavy atom. The van der Waals surface area contributed by atoms with Crippen LogP contribution in [0.3, 0.4) is 0 Å². The molecule has 1 N–H and O–H groups in total. The van der Waals surface area contributed by atoms with Crippen LogP contribution in [0.4, 0.5) is 13.2 Å². The molecular weight excluding hydrogens is 331 g/mol. The smallest absolute Gasteiger partial charge is 0.344 e. The van der Waals surface area contributed by atoms with Crippen molar-refractivity contribution in [1.82, 2.24) is 24.4 Å². The highest BCUT2D eigenvalue weighted by Crippen LogP contribution is 2.33. The van der Waals surface area contributed by atoms with Gasteiger partial charge < -0.3 is 9.55 Å². The Hall–Kier alpha value is -1.83. The number of rotatable bonds is 4. The molecular formula is C17H22F3N5. The second-order valence-electron chi connectivity index (χ2n) is 6.97. The Morgan fingerprint density at radius 2 is 2.04 bits per heavy atom. The first kappa shape index (κ1) is 16.6. The highest BCUT2D eigenvalue weighted by molar-refractivity contribution is 5.19. The van der Waals surface area contributed by atoms with Crippen LogP contribution in [-0.2, 0) is 25.9 Å². The highest BCUT2D eigenvalue weighted by Gasteiger charge is 2.32. The molecule has 0 amide bonds. The molecule has 136 valence electrons. The lowest BCUT2D eigenvalue weighted by atomic mass is 10.0. The normalized spacial score (nSPS) is 21.6. The van der Waals surface area contributed by atoms with Gasteiger partial charge >= 0.3 is 6.18 Å². The van der Waals surface area contributed by atoms with Gasteiger partial charge in [0.05, 0.1) is 18.3 Å². The number of imidazole rings is 2. The van der Waals surface area contributed by atoms with Gasteiger partial charge in [0.1, 0.15) is 18.2 Å². The Kier molecular flexibility index (Phi) is 4.31. The van der Waals surface area contributed by atoms with Crippen molar-refractivity contribution in [3.8, 4) is 0 Å². The maximum absolute atomic E-state index is 12.7. The minimum Gasteiger partial charge on any atom is -0.344 e. The monoisotopic (exact) mass is 353 g/mol. The van der Waals surface area contributed by atoms with E-state index in [1.165, 1.54) is 41.2 Å². The van der Waals surface area contributed by atoms with Crippen LogP contribution in [0.1, 0.15) is 54.8 Å². The van der Waals surface area contributed by atoms with E-state index in [2.05, 4.69) is 14.9 Å². The first-order valence-electron chi connectivity index (χ1n) is 8.88. The van der Waals surface area contributed by atoms with E-state index < -0.39 is 12.7 Å². The first-order chi connectivity index (χ1) is 12.0. The van der Waals surface area contributed by atoms with Gasteiger partial charge in [-0.15, -0.1) is 0 Å². The molecule has 2 aromatic rings. The third-order valence-electron chi connectivity index (χ3n) is 5.15. The fraction of sp³-hybridized carbons (Fsp3) is 0.647. The number of nitrogens with one attached hydrogen (secondary N) is 1. The molecule has 0 radical (unpaired) electrons. The van der Waals surface area contributed by atoms with Gasteiger partial charge in [0, 0.05) is 18.1 Å². The zero-order valence-electron chi connectivity index (χ0n) is 14.0. The maximum atomic E-state index is 12.7. The minimum absolute atomic E-state index is 0.140. The van der Waals surface area contributed by atoms with E-state index >= 15 is 0 Å². The maximum Gasteiger partial charge on any atom is 0.406 e. The molecule has 0 unspecified atom stereocenters. The summed E-state index contributed by atoms with van der Waals surface area (Å²) in [7, 11) is 0. The minimum atomic E-state index is -4.24. The van der Waals surface area contributed by atoms with Crippen molar-refractivity contribution in [3.05, 3.63) is 35.4 Å². The van der Waals surface area contributed by atoms with Crippen LogP contribution in [0.2, 0.25) is 0 Å². The van der Waals surface area contributed by atoms with Gasteiger partial charge in [0.25, 0.3) is 0 Å². The molecule has 0 bridgehead atoms. The molecule has 1 aliphatic heterocycles. The molecule has 5 nitrogen and oxygen atoms in total. The molecule has 2 aliphatic rings. The number of aromatic amines is 1. The molecule has 2 aromatic heterocycles. The van der Waals surface area contributed by atoms with Crippen LogP contribution in [0.5, 0.6) is 0 Å². The van der Waals surface area contributed by atoms with Crippen molar-refractivity contribution in [1.29, 1.82) is 0 Å². The van der Waals surface area contributed by atoms with Crippen molar-refractivity contribution < 1.29 is 13.2 Å². The summed E-state index contributed by atoms with van der Waals surface area (Å²) in [5.74, 6) is 1.43. The average Bonchev–Trinajstić information content (AvgIpc) is 3.26. The molecule has 4 rings (SSSR count). The van der Waals surface area contributed by atoms with Crippen LogP contribution in [0, 0.1) is 0 Å². The SMILES string of the molecule is FC(F)(F)Cn1ccnc1CN1CCC[C@@H]1c1nc2c([nH]1)CCCC2. The molecule has 1 fully saturated rings. The van der Waals surface area contributed by atoms with Crippen LogP contribution in [0.15, 0.2) is 12.4 Å². The van der Waals surface area contributed by atoms with Gasteiger partial charge in [-0.25, -0.2) is 9.97 Å². The molecule has 1 aliphatic carbocycles. The van der Waals surface area contributed by atoms with Crippen molar-refractivity contribution in [2.75, 3.05) is 6.54 Å². The Morgan fingerprint density at radius 1 is 1.20 bits per heavy atom. The van der Waals surface area contributed by atoms with Crippen LogP contribution < -0.4 is 0 Å². The van der Waals surface area contributed by atoms with Crippen molar-refractivity contribution in [3.63, 3.8) is 0 Å². The number of aryl methyl sites for hydroxylation is 2. The zero-order chi connectivity index (χ0) is 17.4. The van der Waals surface area contributed by atoms with E-state index in [0.717, 1.165) is 38.1 Å². The summed E-state index contributed by atoms with van der Waals surface area (Å²) in [5, 5.41) is 0. The number of hydrogen-bond acceptors (Lipinski definition) is 3. The lowest BCUT2D eigenvalue weighted by Crippen LogP contribution is -2.27. The molecule has 1 saturated heterocycles. The lowest BCUT2D eigenvalue weighted by Gasteiger charge is -2.23. The van der Waals surface area contributed by atoms with Crippen molar-refractivity contribution >= 4 is 0 Å². The van der Waals surface area contributed by atoms with Crippen LogP contribution in [0.25, 0.3) is 0 Å². The third-order valence-corrected chi connectivity index (χ3v) is 5.15. The number of hydrogen-bond donors (Lipinski definition) is 1. The molecule has 8 heteroatoms. The van der Waals surface area contributed by atoms with Crippen molar-refractivity contribution in [2.24, 2.45) is 0 Å². The lowest BCUT2D eigenvalue weighted by molar-refractivity contribution is -0.141. The number of alkyl halides is 3. The number of likely N-dealkylation sites (tertiary alicyclic amines) is 1. The molecule has 3 heterocycles. The quantitative estimate of drug-likeness (QED) is 0.917. The summed E-state index contributed by atoms with van der Waals surface area (Å²) in [6, 6.07) is 0.140. The van der Waals surface area contributed by atoms with E-state index in [0.29, 0.717) is 12.4 Å². The van der Waals surface area contributed by atoms with Gasteiger partial charge in [-0.2, -0.15) is 13.2 Å². The van der Waals surface area contributed by atoms with Gasteiger partial charge in [-0.3, -0.25) is 4.90 Å². The Bertz CT molecular complexity index is 709. The van der Waals surface area contributed by atoms with E-state index in [1.54, 1.807) is 0 Å². The Balaban J connectivity index is 1.51. The van der Waals surface area contributed by atoms with Gasteiger partial charge in [0.15, 0.2) is 0 Å². The van der Waals surface area contributed by atoms with E-state index in [4.69, 9.17) is 4.98 Å². The summed E-state index contributed by atoms with van der Waals surface area (Å²) in [6.45, 7) is 0.282. The molecule has 1 atom stereocenters. The summed E-state index contributed by atoms with van der Waals surface area (Å²) >= 11 is 0. The highest BCUT2D eigenvalue weighted by atomic mass is 19.4. The summed E-state index contributed by atoms with van der Waals surface area (Å²) in [6.07, 6.45) is 5.05. The second-order valence-corrected chi connectivity index (χ2v) is 6.97. The summed E-state index contributed by atoms with van der Waals surface area (Å²) in [5.41, 5.74) is 2.42.